The number of nitrogens with one attached hydrogen (secondary N) is 1. The normalized spacial score (nSPS) is 10.8. The highest BCUT2D eigenvalue weighted by Crippen LogP contribution is 2.37. The highest BCUT2D eigenvalue weighted by atomic mass is 35.5. The molecule has 170 valence electrons. The number of hydrazone groups is 1. The lowest BCUT2D eigenvalue weighted by atomic mass is 10.1. The highest BCUT2D eigenvalue weighted by Gasteiger charge is 2.15. The number of carbonyl (C=O) groups is 1. The molecule has 0 heterocycles. The van der Waals surface area contributed by atoms with Gasteiger partial charge in [0.05, 0.1) is 29.7 Å². The molecule has 0 aliphatic rings. The van der Waals surface area contributed by atoms with Gasteiger partial charge in [-0.05, 0) is 23.8 Å². The lowest BCUT2D eigenvalue weighted by Gasteiger charge is -2.14. The van der Waals surface area contributed by atoms with Crippen LogP contribution < -0.4 is 14.9 Å². The molecule has 0 aliphatic heterocycles. The second-order valence-corrected chi connectivity index (χ2v) is 7.58. The molecule has 0 aromatic heterocycles. The van der Waals surface area contributed by atoms with Gasteiger partial charge in [0.15, 0.2) is 11.5 Å². The molecule has 0 fully saturated rings. The Labute approximate surface area is 199 Å². The molecule has 3 aromatic carbocycles. The second-order valence-electron chi connectivity index (χ2n) is 6.77. The molecule has 0 aliphatic carbocycles. The van der Waals surface area contributed by atoms with Gasteiger partial charge < -0.3 is 9.47 Å². The van der Waals surface area contributed by atoms with Crippen LogP contribution in [0, 0.1) is 10.1 Å². The third kappa shape index (κ3) is 6.44. The third-order valence-electron chi connectivity index (χ3n) is 4.52. The van der Waals surface area contributed by atoms with E-state index in [1.165, 1.54) is 31.5 Å². The molecule has 0 atom stereocenters. The van der Waals surface area contributed by atoms with Gasteiger partial charge in [0, 0.05) is 22.2 Å². The number of benzene rings is 3. The molecule has 0 bridgehead atoms. The summed E-state index contributed by atoms with van der Waals surface area (Å²) in [4.78, 5) is 22.7. The van der Waals surface area contributed by atoms with Gasteiger partial charge in [0.1, 0.15) is 6.61 Å². The van der Waals surface area contributed by atoms with Gasteiger partial charge >= 0.3 is 0 Å². The Kier molecular flexibility index (Phi) is 8.23. The number of hydrogen-bond acceptors (Lipinski definition) is 6. The van der Waals surface area contributed by atoms with Crippen molar-refractivity contribution in [3.8, 4) is 11.5 Å². The number of methoxy groups -OCH3 is 1. The number of nitro groups is 1. The van der Waals surface area contributed by atoms with Crippen LogP contribution in [0.3, 0.4) is 0 Å². The zero-order chi connectivity index (χ0) is 23.8. The predicted octanol–water partition coefficient (Wildman–Crippen LogP) is 5.18. The van der Waals surface area contributed by atoms with Crippen molar-refractivity contribution in [3.05, 3.63) is 97.5 Å². The Balaban J connectivity index is 1.66. The molecule has 0 radical (unpaired) electrons. The van der Waals surface area contributed by atoms with Gasteiger partial charge in [0.2, 0.25) is 5.91 Å². The molecule has 3 aromatic rings. The van der Waals surface area contributed by atoms with Crippen molar-refractivity contribution in [3.63, 3.8) is 0 Å². The van der Waals surface area contributed by atoms with E-state index in [-0.39, 0.29) is 23.7 Å². The Morgan fingerprint density at radius 3 is 2.48 bits per heavy atom. The van der Waals surface area contributed by atoms with Gasteiger partial charge in [-0.15, -0.1) is 0 Å². The van der Waals surface area contributed by atoms with Crippen molar-refractivity contribution >= 4 is 41.0 Å². The van der Waals surface area contributed by atoms with Crippen molar-refractivity contribution in [2.45, 2.75) is 13.0 Å². The quantitative estimate of drug-likeness (QED) is 0.254. The summed E-state index contributed by atoms with van der Waals surface area (Å²) in [5.41, 5.74) is 3.86. The fourth-order valence-corrected chi connectivity index (χ4v) is 3.41. The van der Waals surface area contributed by atoms with Gasteiger partial charge in [0.25, 0.3) is 5.69 Å². The number of hydrogen-bond donors (Lipinski definition) is 1. The third-order valence-corrected chi connectivity index (χ3v) is 5.17. The maximum atomic E-state index is 12.1. The van der Waals surface area contributed by atoms with E-state index < -0.39 is 10.8 Å². The number of rotatable bonds is 9. The molecule has 10 heteroatoms. The van der Waals surface area contributed by atoms with Crippen LogP contribution in [0.25, 0.3) is 0 Å². The number of halogens is 2. The molecule has 0 saturated heterocycles. The van der Waals surface area contributed by atoms with Crippen molar-refractivity contribution in [1.29, 1.82) is 0 Å². The minimum Gasteiger partial charge on any atom is -0.493 e. The summed E-state index contributed by atoms with van der Waals surface area (Å²) < 4.78 is 11.2. The Bertz CT molecular complexity index is 1200. The summed E-state index contributed by atoms with van der Waals surface area (Å²) in [7, 11) is 1.48. The lowest BCUT2D eigenvalue weighted by Crippen LogP contribution is -2.20. The largest absolute Gasteiger partial charge is 0.493 e. The predicted molar refractivity (Wildman–Crippen MR) is 126 cm³/mol. The van der Waals surface area contributed by atoms with Crippen molar-refractivity contribution in [2.75, 3.05) is 7.11 Å². The Morgan fingerprint density at radius 1 is 1.09 bits per heavy atom. The number of nitro benzene ring substituents is 1. The van der Waals surface area contributed by atoms with Crippen LogP contribution in [0.15, 0.2) is 65.8 Å². The van der Waals surface area contributed by atoms with Gasteiger partial charge in [-0.3, -0.25) is 14.9 Å². The summed E-state index contributed by atoms with van der Waals surface area (Å²) in [6.45, 7) is 0.199. The van der Waals surface area contributed by atoms with Crippen LogP contribution in [0.5, 0.6) is 11.5 Å². The average molecular weight is 488 g/mol. The van der Waals surface area contributed by atoms with Gasteiger partial charge in [-0.1, -0.05) is 59.6 Å². The minimum atomic E-state index is -0.532. The van der Waals surface area contributed by atoms with E-state index in [1.807, 2.05) is 18.2 Å². The maximum absolute atomic E-state index is 12.1. The number of para-hydroxylation sites is 1. The summed E-state index contributed by atoms with van der Waals surface area (Å²) in [5.74, 6) is 0.220. The number of carbonyl (C=O) groups excluding carboxylic acids is 1. The Morgan fingerprint density at radius 2 is 1.79 bits per heavy atom. The number of amides is 1. The monoisotopic (exact) mass is 487 g/mol. The summed E-state index contributed by atoms with van der Waals surface area (Å²) in [6.07, 6.45) is 1.19. The summed E-state index contributed by atoms with van der Waals surface area (Å²) >= 11 is 12.5. The molecule has 0 unspecified atom stereocenters. The smallest absolute Gasteiger partial charge is 0.273 e. The van der Waals surface area contributed by atoms with Crippen LogP contribution in [0.1, 0.15) is 16.7 Å². The summed E-state index contributed by atoms with van der Waals surface area (Å²) in [6, 6.07) is 16.6. The first-order valence-electron chi connectivity index (χ1n) is 9.67. The number of ether oxygens (including phenoxy) is 2. The van der Waals surface area contributed by atoms with E-state index in [1.54, 1.807) is 24.3 Å². The van der Waals surface area contributed by atoms with Crippen molar-refractivity contribution in [1.82, 2.24) is 5.43 Å². The molecular weight excluding hydrogens is 469 g/mol. The molecular formula is C23H19Cl2N3O5. The molecule has 33 heavy (non-hydrogen) atoms. The molecule has 8 nitrogen and oxygen atoms in total. The average Bonchev–Trinajstić information content (AvgIpc) is 2.79. The van der Waals surface area contributed by atoms with Crippen molar-refractivity contribution in [2.24, 2.45) is 5.10 Å². The van der Waals surface area contributed by atoms with E-state index >= 15 is 0 Å². The first kappa shape index (κ1) is 24.0. The molecule has 1 amide bonds. The van der Waals surface area contributed by atoms with E-state index in [9.17, 15) is 14.9 Å². The fourth-order valence-electron chi connectivity index (χ4n) is 2.95. The van der Waals surface area contributed by atoms with Gasteiger partial charge in [-0.25, -0.2) is 5.43 Å². The minimum absolute atomic E-state index is 0.125. The van der Waals surface area contributed by atoms with E-state index in [2.05, 4.69) is 10.5 Å². The van der Waals surface area contributed by atoms with E-state index in [0.29, 0.717) is 27.6 Å². The maximum Gasteiger partial charge on any atom is 0.273 e. The Hall–Kier alpha value is -3.62. The second kappa shape index (κ2) is 11.3. The zero-order valence-electron chi connectivity index (χ0n) is 17.5. The van der Waals surface area contributed by atoms with Crippen LogP contribution in [-0.4, -0.2) is 24.2 Å². The van der Waals surface area contributed by atoms with Crippen LogP contribution in [0.4, 0.5) is 5.69 Å². The van der Waals surface area contributed by atoms with Crippen LogP contribution in [0.2, 0.25) is 10.0 Å². The molecule has 3 rings (SSSR count). The van der Waals surface area contributed by atoms with E-state index in [0.717, 1.165) is 5.56 Å². The van der Waals surface area contributed by atoms with Crippen LogP contribution >= 0.6 is 23.2 Å². The highest BCUT2D eigenvalue weighted by molar-refractivity contribution is 6.32. The molecule has 1 N–H and O–H groups in total. The molecule has 0 saturated carbocycles. The van der Waals surface area contributed by atoms with E-state index in [4.69, 9.17) is 32.7 Å². The SMILES string of the molecule is COc1cc(/C=N/NC(=O)Cc2ccccc2[N+](=O)[O-])cc(Cl)c1OCc1ccccc1Cl. The lowest BCUT2D eigenvalue weighted by molar-refractivity contribution is -0.385. The standard InChI is InChI=1S/C23H19Cl2N3O5/c1-32-21-11-15(10-19(25)23(21)33-14-17-7-2-4-8-18(17)24)13-26-27-22(29)12-16-6-3-5-9-20(16)28(30)31/h2-11,13H,12,14H2,1H3,(H,27,29)/b26-13+. The first-order chi connectivity index (χ1) is 15.9. The summed E-state index contributed by atoms with van der Waals surface area (Å²) in [5, 5.41) is 15.8. The zero-order valence-corrected chi connectivity index (χ0v) is 19.0. The fraction of sp³-hybridized carbons (Fsp3) is 0.130. The first-order valence-corrected chi connectivity index (χ1v) is 10.4. The van der Waals surface area contributed by atoms with Crippen LogP contribution in [-0.2, 0) is 17.8 Å². The topological polar surface area (TPSA) is 103 Å². The van der Waals surface area contributed by atoms with Crippen molar-refractivity contribution < 1.29 is 19.2 Å². The molecule has 0 spiro atoms. The van der Waals surface area contributed by atoms with Gasteiger partial charge in [-0.2, -0.15) is 5.10 Å². The number of nitrogens with zero attached hydrogens (tertiary/aromatic N) is 2.